The van der Waals surface area contributed by atoms with E-state index in [1.807, 2.05) is 0 Å². The van der Waals surface area contributed by atoms with Gasteiger partial charge in [0.05, 0.1) is 0 Å². The van der Waals surface area contributed by atoms with Crippen LogP contribution in [-0.2, 0) is 12.8 Å². The SMILES string of the molecule is CC=CCc1cccc(CCCC)c1. The van der Waals surface area contributed by atoms with Crippen molar-refractivity contribution in [2.24, 2.45) is 0 Å². The van der Waals surface area contributed by atoms with Crippen molar-refractivity contribution in [2.45, 2.75) is 39.5 Å². The zero-order valence-corrected chi connectivity index (χ0v) is 9.29. The molecule has 0 radical (unpaired) electrons. The molecule has 0 amide bonds. The fourth-order valence-corrected chi connectivity index (χ4v) is 1.55. The summed E-state index contributed by atoms with van der Waals surface area (Å²) in [6, 6.07) is 8.93. The van der Waals surface area contributed by atoms with Crippen LogP contribution in [0.3, 0.4) is 0 Å². The molecule has 0 heteroatoms. The molecule has 0 spiro atoms. The zero-order valence-electron chi connectivity index (χ0n) is 9.29. The Labute approximate surface area is 87.7 Å². The topological polar surface area (TPSA) is 0 Å². The van der Waals surface area contributed by atoms with E-state index in [9.17, 15) is 0 Å². The number of allylic oxidation sites excluding steroid dienone is 2. The predicted molar refractivity (Wildman–Crippen MR) is 63.6 cm³/mol. The molecule has 0 heterocycles. The molecule has 14 heavy (non-hydrogen) atoms. The molecule has 0 fully saturated rings. The minimum absolute atomic E-state index is 1.07. The van der Waals surface area contributed by atoms with Gasteiger partial charge in [0.1, 0.15) is 0 Å². The van der Waals surface area contributed by atoms with Gasteiger partial charge < -0.3 is 0 Å². The molecule has 0 nitrogen and oxygen atoms in total. The summed E-state index contributed by atoms with van der Waals surface area (Å²) in [5.41, 5.74) is 2.91. The highest BCUT2D eigenvalue weighted by molar-refractivity contribution is 5.25. The van der Waals surface area contributed by atoms with E-state index in [4.69, 9.17) is 0 Å². The van der Waals surface area contributed by atoms with Crippen LogP contribution >= 0.6 is 0 Å². The first kappa shape index (κ1) is 11.0. The van der Waals surface area contributed by atoms with Gasteiger partial charge >= 0.3 is 0 Å². The molecule has 0 bridgehead atoms. The van der Waals surface area contributed by atoms with Crippen LogP contribution in [0.15, 0.2) is 36.4 Å². The highest BCUT2D eigenvalue weighted by atomic mass is 14.0. The smallest absolute Gasteiger partial charge is 0.00975 e. The maximum absolute atomic E-state index is 2.33. The third-order valence-corrected chi connectivity index (χ3v) is 2.40. The van der Waals surface area contributed by atoms with Gasteiger partial charge in [0.15, 0.2) is 0 Å². The van der Waals surface area contributed by atoms with E-state index in [2.05, 4.69) is 50.3 Å². The van der Waals surface area contributed by atoms with Crippen molar-refractivity contribution >= 4 is 0 Å². The van der Waals surface area contributed by atoms with Crippen molar-refractivity contribution in [3.63, 3.8) is 0 Å². The molecule has 0 aromatic heterocycles. The van der Waals surface area contributed by atoms with Crippen LogP contribution in [0.4, 0.5) is 0 Å². The van der Waals surface area contributed by atoms with E-state index in [0.717, 1.165) is 6.42 Å². The monoisotopic (exact) mass is 188 g/mol. The van der Waals surface area contributed by atoms with Gasteiger partial charge in [-0.1, -0.05) is 49.8 Å². The van der Waals surface area contributed by atoms with Crippen molar-refractivity contribution in [1.82, 2.24) is 0 Å². The van der Waals surface area contributed by atoms with Gasteiger partial charge in [-0.2, -0.15) is 0 Å². The highest BCUT2D eigenvalue weighted by Crippen LogP contribution is 2.09. The van der Waals surface area contributed by atoms with E-state index < -0.39 is 0 Å². The molecule has 0 unspecified atom stereocenters. The number of rotatable bonds is 5. The minimum atomic E-state index is 1.07. The van der Waals surface area contributed by atoms with Gasteiger partial charge in [0.25, 0.3) is 0 Å². The van der Waals surface area contributed by atoms with E-state index in [1.54, 1.807) is 0 Å². The Morgan fingerprint density at radius 1 is 1.21 bits per heavy atom. The fourth-order valence-electron chi connectivity index (χ4n) is 1.55. The lowest BCUT2D eigenvalue weighted by atomic mass is 10.0. The zero-order chi connectivity index (χ0) is 10.2. The minimum Gasteiger partial charge on any atom is -0.0913 e. The van der Waals surface area contributed by atoms with Gasteiger partial charge in [0, 0.05) is 0 Å². The Kier molecular flexibility index (Phi) is 5.06. The summed E-state index contributed by atoms with van der Waals surface area (Å²) in [5.74, 6) is 0. The standard InChI is InChI=1S/C14H20/c1-3-5-8-13-10-7-11-14(12-13)9-6-4-2/h3,5,7,10-12H,4,6,8-9H2,1-2H3. The van der Waals surface area contributed by atoms with Crippen molar-refractivity contribution in [3.05, 3.63) is 47.5 Å². The lowest BCUT2D eigenvalue weighted by molar-refractivity contribution is 0.794. The molecular weight excluding hydrogens is 168 g/mol. The van der Waals surface area contributed by atoms with Gasteiger partial charge in [-0.15, -0.1) is 0 Å². The second-order valence-electron chi connectivity index (χ2n) is 3.70. The Morgan fingerprint density at radius 2 is 2.00 bits per heavy atom. The molecule has 0 atom stereocenters. The maximum Gasteiger partial charge on any atom is -0.00975 e. The summed E-state index contributed by atoms with van der Waals surface area (Å²) in [7, 11) is 0. The molecule has 0 saturated carbocycles. The number of aryl methyl sites for hydroxylation is 1. The normalized spacial score (nSPS) is 11.0. The Bertz CT molecular complexity index is 284. The summed E-state index contributed by atoms with van der Waals surface area (Å²) in [4.78, 5) is 0. The van der Waals surface area contributed by atoms with E-state index in [-0.39, 0.29) is 0 Å². The van der Waals surface area contributed by atoms with Crippen LogP contribution in [0, 0.1) is 0 Å². The lowest BCUT2D eigenvalue weighted by Gasteiger charge is -2.02. The summed E-state index contributed by atoms with van der Waals surface area (Å²) in [5, 5.41) is 0. The number of benzene rings is 1. The average Bonchev–Trinajstić information content (AvgIpc) is 2.24. The number of hydrogen-bond donors (Lipinski definition) is 0. The van der Waals surface area contributed by atoms with Crippen LogP contribution in [0.25, 0.3) is 0 Å². The first-order chi connectivity index (χ1) is 6.86. The Morgan fingerprint density at radius 3 is 2.71 bits per heavy atom. The third-order valence-electron chi connectivity index (χ3n) is 2.40. The summed E-state index contributed by atoms with van der Waals surface area (Å²) in [6.07, 6.45) is 9.18. The first-order valence-corrected chi connectivity index (χ1v) is 5.55. The van der Waals surface area contributed by atoms with Crippen LogP contribution in [0.2, 0.25) is 0 Å². The summed E-state index contributed by atoms with van der Waals surface area (Å²) < 4.78 is 0. The van der Waals surface area contributed by atoms with Crippen molar-refractivity contribution in [3.8, 4) is 0 Å². The molecule has 1 rings (SSSR count). The predicted octanol–water partition coefficient (Wildman–Crippen LogP) is 4.15. The van der Waals surface area contributed by atoms with Crippen LogP contribution in [0.5, 0.6) is 0 Å². The summed E-state index contributed by atoms with van der Waals surface area (Å²) in [6.45, 7) is 4.31. The van der Waals surface area contributed by atoms with Gasteiger partial charge in [-0.25, -0.2) is 0 Å². The molecule has 0 aliphatic heterocycles. The molecule has 0 N–H and O–H groups in total. The van der Waals surface area contributed by atoms with E-state index in [0.29, 0.717) is 0 Å². The van der Waals surface area contributed by atoms with E-state index in [1.165, 1.54) is 30.4 Å². The van der Waals surface area contributed by atoms with Gasteiger partial charge in [-0.3, -0.25) is 0 Å². The van der Waals surface area contributed by atoms with Crippen LogP contribution < -0.4 is 0 Å². The van der Waals surface area contributed by atoms with Gasteiger partial charge in [0.2, 0.25) is 0 Å². The van der Waals surface area contributed by atoms with Crippen LogP contribution in [-0.4, -0.2) is 0 Å². The Balaban J connectivity index is 2.59. The Hall–Kier alpha value is -1.04. The average molecular weight is 188 g/mol. The molecule has 1 aromatic carbocycles. The quantitative estimate of drug-likeness (QED) is 0.609. The second kappa shape index (κ2) is 6.42. The first-order valence-electron chi connectivity index (χ1n) is 5.55. The van der Waals surface area contributed by atoms with Crippen molar-refractivity contribution < 1.29 is 0 Å². The fraction of sp³-hybridized carbons (Fsp3) is 0.429. The van der Waals surface area contributed by atoms with Gasteiger partial charge in [-0.05, 0) is 37.3 Å². The third kappa shape index (κ3) is 3.78. The van der Waals surface area contributed by atoms with Crippen molar-refractivity contribution in [2.75, 3.05) is 0 Å². The second-order valence-corrected chi connectivity index (χ2v) is 3.70. The molecule has 76 valence electrons. The number of unbranched alkanes of at least 4 members (excludes halogenated alkanes) is 1. The maximum atomic E-state index is 2.33. The lowest BCUT2D eigenvalue weighted by Crippen LogP contribution is -1.87. The molecule has 1 aromatic rings. The van der Waals surface area contributed by atoms with Crippen LogP contribution in [0.1, 0.15) is 37.8 Å². The largest absolute Gasteiger partial charge is 0.0913 e. The molecule has 0 aliphatic rings. The number of hydrogen-bond acceptors (Lipinski definition) is 0. The summed E-state index contributed by atoms with van der Waals surface area (Å²) >= 11 is 0. The molecular formula is C14H20. The molecule has 0 aliphatic carbocycles. The highest BCUT2D eigenvalue weighted by Gasteiger charge is 1.94. The van der Waals surface area contributed by atoms with Crippen molar-refractivity contribution in [1.29, 1.82) is 0 Å². The van der Waals surface area contributed by atoms with E-state index >= 15 is 0 Å². The molecule has 0 saturated heterocycles.